The summed E-state index contributed by atoms with van der Waals surface area (Å²) in [7, 11) is 0. The number of nitrogens with zero attached hydrogens (tertiary/aromatic N) is 2. The van der Waals surface area contributed by atoms with E-state index in [1.54, 1.807) is 0 Å². The van der Waals surface area contributed by atoms with E-state index in [2.05, 4.69) is 66.0 Å². The van der Waals surface area contributed by atoms with Crippen LogP contribution in [0.1, 0.15) is 45.2 Å². The maximum Gasteiger partial charge on any atom is 0.308 e. The van der Waals surface area contributed by atoms with Gasteiger partial charge in [0.05, 0.1) is 12.5 Å². The van der Waals surface area contributed by atoms with E-state index in [1.165, 1.54) is 5.56 Å². The number of hydrogen-bond donors (Lipinski definition) is 0. The molecule has 4 atom stereocenters. The molecular formula is C22H31N2O3+. The number of esters is 1. The Morgan fingerprint density at radius 2 is 2.07 bits per heavy atom. The van der Waals surface area contributed by atoms with Gasteiger partial charge >= 0.3 is 5.97 Å². The van der Waals surface area contributed by atoms with E-state index < -0.39 is 0 Å². The first-order valence-electron chi connectivity index (χ1n) is 9.95. The molecule has 1 saturated heterocycles. The molecule has 1 aromatic carbocycles. The predicted octanol–water partition coefficient (Wildman–Crippen LogP) is 3.38. The van der Waals surface area contributed by atoms with Gasteiger partial charge in [0.15, 0.2) is 0 Å². The Bertz CT molecular complexity index is 724. The van der Waals surface area contributed by atoms with Crippen LogP contribution < -0.4 is 4.57 Å². The second kappa shape index (κ2) is 9.18. The molecule has 0 bridgehead atoms. The number of aromatic nitrogens is 2. The van der Waals surface area contributed by atoms with Crippen LogP contribution >= 0.6 is 0 Å². The Morgan fingerprint density at radius 1 is 1.33 bits per heavy atom. The molecule has 1 aliphatic heterocycles. The van der Waals surface area contributed by atoms with Crippen LogP contribution in [0.5, 0.6) is 0 Å². The fraction of sp³-hybridized carbons (Fsp3) is 0.545. The number of hydrogen-bond acceptors (Lipinski definition) is 3. The molecule has 1 aliphatic rings. The van der Waals surface area contributed by atoms with Gasteiger partial charge in [0.2, 0.25) is 6.33 Å². The average molecular weight is 372 g/mol. The minimum Gasteiger partial charge on any atom is -0.463 e. The molecule has 0 aliphatic carbocycles. The summed E-state index contributed by atoms with van der Waals surface area (Å²) >= 11 is 0. The summed E-state index contributed by atoms with van der Waals surface area (Å²) in [6, 6.07) is 10.8. The van der Waals surface area contributed by atoms with E-state index in [9.17, 15) is 4.79 Å². The quantitative estimate of drug-likeness (QED) is 0.365. The molecular weight excluding hydrogens is 340 g/mol. The number of ether oxygens (including phenoxy) is 2. The first kappa shape index (κ1) is 19.6. The number of imidazole rings is 1. The highest BCUT2D eigenvalue weighted by molar-refractivity contribution is 5.72. The Balaban J connectivity index is 1.55. The molecule has 4 unspecified atom stereocenters. The van der Waals surface area contributed by atoms with Gasteiger partial charge in [0.25, 0.3) is 0 Å². The van der Waals surface area contributed by atoms with E-state index in [-0.39, 0.29) is 18.0 Å². The molecule has 27 heavy (non-hydrogen) atoms. The zero-order valence-electron chi connectivity index (χ0n) is 16.6. The number of rotatable bonds is 10. The molecule has 5 nitrogen and oxygen atoms in total. The van der Waals surface area contributed by atoms with E-state index in [0.29, 0.717) is 25.2 Å². The fourth-order valence-electron chi connectivity index (χ4n) is 3.69. The van der Waals surface area contributed by atoms with Crippen LogP contribution in [0.3, 0.4) is 0 Å². The fourth-order valence-corrected chi connectivity index (χ4v) is 3.69. The summed E-state index contributed by atoms with van der Waals surface area (Å²) in [6.07, 6.45) is 8.40. The molecule has 0 radical (unpaired) electrons. The van der Waals surface area contributed by atoms with Crippen molar-refractivity contribution >= 4 is 5.97 Å². The third-order valence-corrected chi connectivity index (χ3v) is 5.32. The lowest BCUT2D eigenvalue weighted by Crippen LogP contribution is -2.32. The minimum absolute atomic E-state index is 0.0974. The third-order valence-electron chi connectivity index (χ3n) is 5.32. The Labute approximate surface area is 161 Å². The normalized spacial score (nSPS) is 19.3. The van der Waals surface area contributed by atoms with Crippen molar-refractivity contribution in [3.63, 3.8) is 0 Å². The van der Waals surface area contributed by atoms with Crippen LogP contribution in [0.2, 0.25) is 0 Å². The van der Waals surface area contributed by atoms with Gasteiger partial charge < -0.3 is 9.47 Å². The topological polar surface area (TPSA) is 47.6 Å². The van der Waals surface area contributed by atoms with Crippen molar-refractivity contribution in [3.8, 4) is 0 Å². The molecule has 0 N–H and O–H groups in total. The maximum absolute atomic E-state index is 12.2. The third kappa shape index (κ3) is 5.67. The smallest absolute Gasteiger partial charge is 0.308 e. The van der Waals surface area contributed by atoms with Gasteiger partial charge in [-0.3, -0.25) is 4.79 Å². The highest BCUT2D eigenvalue weighted by Gasteiger charge is 2.29. The Morgan fingerprint density at radius 3 is 2.74 bits per heavy atom. The van der Waals surface area contributed by atoms with Gasteiger partial charge in [-0.15, -0.1) is 0 Å². The van der Waals surface area contributed by atoms with E-state index in [4.69, 9.17) is 9.47 Å². The standard InChI is InChI=1S/C22H31N2O3/c1-4-21(17(2)12-18(3)22(25)27-15-20-14-26-20)24-11-10-23(16-24)13-19-8-6-5-7-9-19/h5-11,16-18,20-21H,4,12-15H2,1-3H3/q+1. The van der Waals surface area contributed by atoms with Crippen molar-refractivity contribution in [2.24, 2.45) is 11.8 Å². The van der Waals surface area contributed by atoms with Crippen molar-refractivity contribution < 1.29 is 18.8 Å². The Hall–Kier alpha value is -2.14. The molecule has 0 spiro atoms. The number of carbonyl (C=O) groups excluding carboxylic acids is 1. The zero-order valence-corrected chi connectivity index (χ0v) is 16.6. The van der Waals surface area contributed by atoms with Gasteiger partial charge in [-0.05, 0) is 24.3 Å². The van der Waals surface area contributed by atoms with Crippen LogP contribution in [0.4, 0.5) is 0 Å². The Kier molecular flexibility index (Phi) is 6.67. The molecule has 2 heterocycles. The van der Waals surface area contributed by atoms with Crippen LogP contribution in [-0.2, 0) is 20.8 Å². The molecule has 1 fully saturated rings. The summed E-state index contributed by atoms with van der Waals surface area (Å²) in [5.41, 5.74) is 1.29. The highest BCUT2D eigenvalue weighted by atomic mass is 16.6. The molecule has 3 rings (SSSR count). The molecule has 5 heteroatoms. The van der Waals surface area contributed by atoms with Crippen molar-refractivity contribution in [2.45, 2.75) is 52.3 Å². The van der Waals surface area contributed by atoms with Gasteiger partial charge in [0.1, 0.15) is 37.7 Å². The molecule has 1 aromatic heterocycles. The molecule has 0 amide bonds. The van der Waals surface area contributed by atoms with E-state index >= 15 is 0 Å². The summed E-state index contributed by atoms with van der Waals surface area (Å²) in [6.45, 7) is 8.37. The lowest BCUT2D eigenvalue weighted by Gasteiger charge is -2.22. The number of benzene rings is 1. The van der Waals surface area contributed by atoms with Crippen LogP contribution in [0, 0.1) is 11.8 Å². The highest BCUT2D eigenvalue weighted by Crippen LogP contribution is 2.27. The predicted molar refractivity (Wildman–Crippen MR) is 103 cm³/mol. The van der Waals surface area contributed by atoms with Gasteiger partial charge in [-0.1, -0.05) is 51.1 Å². The monoisotopic (exact) mass is 371 g/mol. The van der Waals surface area contributed by atoms with Crippen LogP contribution in [0.15, 0.2) is 49.1 Å². The summed E-state index contributed by atoms with van der Waals surface area (Å²) in [5.74, 6) is 0.172. The summed E-state index contributed by atoms with van der Waals surface area (Å²) in [4.78, 5) is 12.2. The summed E-state index contributed by atoms with van der Waals surface area (Å²) in [5, 5.41) is 0. The summed E-state index contributed by atoms with van der Waals surface area (Å²) < 4.78 is 14.9. The number of epoxide rings is 1. The van der Waals surface area contributed by atoms with Crippen molar-refractivity contribution in [2.75, 3.05) is 13.2 Å². The van der Waals surface area contributed by atoms with Gasteiger partial charge in [0, 0.05) is 0 Å². The van der Waals surface area contributed by atoms with Gasteiger partial charge in [-0.2, -0.15) is 0 Å². The van der Waals surface area contributed by atoms with Crippen molar-refractivity contribution in [3.05, 3.63) is 54.6 Å². The van der Waals surface area contributed by atoms with Crippen LogP contribution in [-0.4, -0.2) is 29.9 Å². The van der Waals surface area contributed by atoms with E-state index in [0.717, 1.165) is 19.4 Å². The SMILES string of the molecule is CCC(C(C)CC(C)C(=O)OCC1CO1)n1cc[n+](Cc2ccccc2)c1. The largest absolute Gasteiger partial charge is 0.463 e. The van der Waals surface area contributed by atoms with Crippen LogP contribution in [0.25, 0.3) is 0 Å². The molecule has 0 saturated carbocycles. The van der Waals surface area contributed by atoms with Crippen molar-refractivity contribution in [1.82, 2.24) is 4.57 Å². The average Bonchev–Trinajstić information content (AvgIpc) is 3.39. The van der Waals surface area contributed by atoms with Gasteiger partial charge in [-0.25, -0.2) is 9.13 Å². The number of carbonyl (C=O) groups is 1. The zero-order chi connectivity index (χ0) is 19.2. The lowest BCUT2D eigenvalue weighted by molar-refractivity contribution is -0.688. The molecule has 2 aromatic rings. The first-order chi connectivity index (χ1) is 13.1. The second-order valence-electron chi connectivity index (χ2n) is 7.69. The van der Waals surface area contributed by atoms with Crippen molar-refractivity contribution in [1.29, 1.82) is 0 Å². The lowest BCUT2D eigenvalue weighted by atomic mass is 9.89. The maximum atomic E-state index is 12.2. The first-order valence-corrected chi connectivity index (χ1v) is 9.95. The minimum atomic E-state index is -0.112. The second-order valence-corrected chi connectivity index (χ2v) is 7.69. The molecule has 146 valence electrons. The van der Waals surface area contributed by atoms with E-state index in [1.807, 2.05) is 13.0 Å².